The molecule has 0 bridgehead atoms. The van der Waals surface area contributed by atoms with E-state index in [1.54, 1.807) is 6.20 Å². The van der Waals surface area contributed by atoms with Crippen LogP contribution in [-0.4, -0.2) is 101 Å². The topological polar surface area (TPSA) is 207 Å². The number of aromatic nitrogens is 4. The number of pyridine rings is 1. The van der Waals surface area contributed by atoms with Gasteiger partial charge in [-0.25, -0.2) is 19.7 Å². The first-order chi connectivity index (χ1) is 27.1. The monoisotopic (exact) mass is 802 g/mol. The van der Waals surface area contributed by atoms with Crippen LogP contribution in [0.2, 0.25) is 0 Å². The number of ether oxygens (including phenoxy) is 2. The first-order valence-corrected chi connectivity index (χ1v) is 20.0. The number of aryl methyl sites for hydroxylation is 1. The fourth-order valence-corrected chi connectivity index (χ4v) is 7.33. The number of benzene rings is 1. The molecule has 5 N–H and O–H groups in total. The molecule has 1 aromatic carbocycles. The SMILES string of the molecule is Cc1ncc(-c2ccc3nc(NC(=O)CN(C)CCCCN(C)c4ncc(OCC(=O)NC(C(N)=O)C(C)(C)C)cn4)sc3c2)cc1NC(=O)OC1CCCCC1. The van der Waals surface area contributed by atoms with Gasteiger partial charge in [0.15, 0.2) is 17.5 Å². The highest BCUT2D eigenvalue weighted by Crippen LogP contribution is 2.32. The third-order valence-corrected chi connectivity index (χ3v) is 10.5. The Morgan fingerprint density at radius 2 is 1.65 bits per heavy atom. The fourth-order valence-electron chi connectivity index (χ4n) is 6.41. The Morgan fingerprint density at radius 1 is 0.930 bits per heavy atom. The van der Waals surface area contributed by atoms with Crippen molar-refractivity contribution < 1.29 is 28.7 Å². The minimum atomic E-state index is -0.827. The van der Waals surface area contributed by atoms with Crippen LogP contribution in [0.15, 0.2) is 42.9 Å². The molecule has 0 spiro atoms. The van der Waals surface area contributed by atoms with Gasteiger partial charge in [0.25, 0.3) is 5.91 Å². The number of carbonyl (C=O) groups is 4. The lowest BCUT2D eigenvalue weighted by atomic mass is 9.86. The largest absolute Gasteiger partial charge is 0.481 e. The average Bonchev–Trinajstić information content (AvgIpc) is 3.56. The van der Waals surface area contributed by atoms with Crippen LogP contribution in [0, 0.1) is 12.3 Å². The number of likely N-dealkylation sites (N-methyl/N-ethyl adjacent to an activating group) is 1. The van der Waals surface area contributed by atoms with Gasteiger partial charge in [0.05, 0.1) is 40.5 Å². The molecule has 1 aliphatic carbocycles. The first-order valence-electron chi connectivity index (χ1n) is 19.2. The predicted molar refractivity (Wildman–Crippen MR) is 221 cm³/mol. The lowest BCUT2D eigenvalue weighted by Crippen LogP contribution is -2.53. The quantitative estimate of drug-likeness (QED) is 0.0974. The molecule has 3 heterocycles. The summed E-state index contributed by atoms with van der Waals surface area (Å²) in [6.07, 6.45) is 11.1. The summed E-state index contributed by atoms with van der Waals surface area (Å²) in [5, 5.41) is 8.95. The van der Waals surface area contributed by atoms with Crippen LogP contribution in [0.5, 0.6) is 5.75 Å². The zero-order chi connectivity index (χ0) is 41.1. The van der Waals surface area contributed by atoms with Gasteiger partial charge in [-0.1, -0.05) is 44.6 Å². The van der Waals surface area contributed by atoms with Gasteiger partial charge in [-0.3, -0.25) is 29.6 Å². The lowest BCUT2D eigenvalue weighted by Gasteiger charge is -2.28. The van der Waals surface area contributed by atoms with Crippen molar-refractivity contribution in [2.75, 3.05) is 55.9 Å². The molecule has 306 valence electrons. The molecule has 1 saturated carbocycles. The number of nitrogens with one attached hydrogen (secondary N) is 3. The number of nitrogens with zero attached hydrogens (tertiary/aromatic N) is 6. The number of amides is 4. The van der Waals surface area contributed by atoms with Gasteiger partial charge in [0.2, 0.25) is 17.8 Å². The molecule has 1 fully saturated rings. The van der Waals surface area contributed by atoms with Crippen LogP contribution in [0.25, 0.3) is 21.3 Å². The summed E-state index contributed by atoms with van der Waals surface area (Å²) in [7, 11) is 3.79. The second-order valence-electron chi connectivity index (χ2n) is 15.5. The van der Waals surface area contributed by atoms with E-state index in [9.17, 15) is 19.2 Å². The van der Waals surface area contributed by atoms with Gasteiger partial charge in [-0.2, -0.15) is 0 Å². The number of nitrogens with two attached hydrogens (primary N) is 1. The molecule has 57 heavy (non-hydrogen) atoms. The van der Waals surface area contributed by atoms with Crippen molar-refractivity contribution in [3.05, 3.63) is 48.5 Å². The molecule has 5 rings (SSSR count). The molecular formula is C40H54N10O6S. The van der Waals surface area contributed by atoms with Gasteiger partial charge < -0.3 is 30.7 Å². The van der Waals surface area contributed by atoms with E-state index >= 15 is 0 Å². The Balaban J connectivity index is 1.02. The third kappa shape index (κ3) is 12.8. The highest BCUT2D eigenvalue weighted by atomic mass is 32.1. The van der Waals surface area contributed by atoms with E-state index < -0.39 is 29.4 Å². The van der Waals surface area contributed by atoms with Crippen LogP contribution in [0.3, 0.4) is 0 Å². The number of anilines is 3. The predicted octanol–water partition coefficient (Wildman–Crippen LogP) is 5.52. The number of primary amides is 1. The number of rotatable bonds is 17. The molecule has 4 aromatic rings. The molecule has 4 amide bonds. The van der Waals surface area contributed by atoms with Crippen molar-refractivity contribution in [1.29, 1.82) is 0 Å². The molecule has 3 aromatic heterocycles. The minimum Gasteiger partial charge on any atom is -0.481 e. The highest BCUT2D eigenvalue weighted by molar-refractivity contribution is 7.22. The summed E-state index contributed by atoms with van der Waals surface area (Å²) in [5.74, 6) is -0.408. The first kappa shape index (κ1) is 42.7. The number of hydrogen-bond donors (Lipinski definition) is 4. The van der Waals surface area contributed by atoms with E-state index in [-0.39, 0.29) is 25.2 Å². The Labute approximate surface area is 337 Å². The van der Waals surface area contributed by atoms with Gasteiger partial charge in [-0.05, 0) is 88.2 Å². The lowest BCUT2D eigenvalue weighted by molar-refractivity contribution is -0.130. The molecule has 0 radical (unpaired) electrons. The Bertz CT molecular complexity index is 2010. The van der Waals surface area contributed by atoms with Crippen LogP contribution in [-0.2, 0) is 19.1 Å². The Hall–Kier alpha value is -5.42. The Kier molecular flexibility index (Phi) is 14.7. The van der Waals surface area contributed by atoms with Crippen molar-refractivity contribution in [1.82, 2.24) is 30.2 Å². The van der Waals surface area contributed by atoms with Crippen LogP contribution < -0.4 is 31.3 Å². The minimum absolute atomic E-state index is 0.0381. The van der Waals surface area contributed by atoms with E-state index in [2.05, 4.69) is 35.9 Å². The summed E-state index contributed by atoms with van der Waals surface area (Å²) in [5.41, 5.74) is 8.73. The van der Waals surface area contributed by atoms with Crippen LogP contribution in [0.1, 0.15) is 71.4 Å². The number of thiazole rings is 1. The smallest absolute Gasteiger partial charge is 0.411 e. The van der Waals surface area contributed by atoms with Crippen molar-refractivity contribution in [2.24, 2.45) is 11.1 Å². The zero-order valence-electron chi connectivity index (χ0n) is 33.6. The van der Waals surface area contributed by atoms with Crippen LogP contribution >= 0.6 is 11.3 Å². The number of hydrogen-bond acceptors (Lipinski definition) is 13. The molecule has 0 aliphatic heterocycles. The average molecular weight is 803 g/mol. The second-order valence-corrected chi connectivity index (χ2v) is 16.6. The van der Waals surface area contributed by atoms with E-state index in [1.807, 2.05) is 75.9 Å². The summed E-state index contributed by atoms with van der Waals surface area (Å²) >= 11 is 1.40. The highest BCUT2D eigenvalue weighted by Gasteiger charge is 2.31. The molecular weight excluding hydrogens is 749 g/mol. The van der Waals surface area contributed by atoms with Crippen LogP contribution in [0.4, 0.5) is 21.6 Å². The summed E-state index contributed by atoms with van der Waals surface area (Å²) in [6.45, 7) is 8.60. The molecule has 17 heteroatoms. The van der Waals surface area contributed by atoms with Crippen molar-refractivity contribution in [2.45, 2.75) is 84.8 Å². The maximum atomic E-state index is 12.9. The van der Waals surface area contributed by atoms with E-state index in [1.165, 1.54) is 30.2 Å². The fraction of sp³-hybridized carbons (Fsp3) is 0.500. The zero-order valence-corrected chi connectivity index (χ0v) is 34.4. The molecule has 1 aliphatic rings. The third-order valence-electron chi connectivity index (χ3n) is 9.60. The van der Waals surface area contributed by atoms with E-state index in [0.29, 0.717) is 41.3 Å². The van der Waals surface area contributed by atoms with E-state index in [4.69, 9.17) is 15.2 Å². The molecule has 16 nitrogen and oxygen atoms in total. The maximum Gasteiger partial charge on any atom is 0.411 e. The number of fused-ring (bicyclic) bond motifs is 1. The van der Waals surface area contributed by atoms with Crippen molar-refractivity contribution >= 4 is 62.1 Å². The Morgan fingerprint density at radius 3 is 2.35 bits per heavy atom. The second kappa shape index (κ2) is 19.6. The van der Waals surface area contributed by atoms with Gasteiger partial charge >= 0.3 is 6.09 Å². The van der Waals surface area contributed by atoms with Gasteiger partial charge in [-0.15, -0.1) is 0 Å². The van der Waals surface area contributed by atoms with Crippen molar-refractivity contribution in [3.63, 3.8) is 0 Å². The normalized spacial score (nSPS) is 13.9. The van der Waals surface area contributed by atoms with Gasteiger partial charge in [0.1, 0.15) is 12.1 Å². The van der Waals surface area contributed by atoms with Gasteiger partial charge in [0, 0.05) is 25.4 Å². The summed E-state index contributed by atoms with van der Waals surface area (Å²) < 4.78 is 12.1. The molecule has 0 saturated heterocycles. The summed E-state index contributed by atoms with van der Waals surface area (Å²) in [6, 6.07) is 6.94. The molecule has 1 unspecified atom stereocenters. The summed E-state index contributed by atoms with van der Waals surface area (Å²) in [4.78, 5) is 71.2. The number of unbranched alkanes of at least 4 members (excludes halogenated alkanes) is 1. The number of carbonyl (C=O) groups excluding carboxylic acids is 4. The van der Waals surface area contributed by atoms with Crippen molar-refractivity contribution in [3.8, 4) is 16.9 Å². The maximum absolute atomic E-state index is 12.9. The molecule has 1 atom stereocenters. The standard InChI is InChI=1S/C40H54N10O6S/c1-25-31(46-39(54)56-28-12-8-7-9-13-28)18-27(20-42-25)26-14-15-30-32(19-26)57-38(45-30)48-33(51)23-49(5)16-10-11-17-50(6)37-43-21-29(22-44-37)55-24-34(52)47-35(36(41)53)40(2,3)4/h14-15,18-22,28,35H,7-13,16-17,23-24H2,1-6H3,(H2,41,53)(H,46,54)(H,47,52)(H,45,48,51). The van der Waals surface area contributed by atoms with E-state index in [0.717, 1.165) is 59.9 Å².